The molecule has 16 heavy (non-hydrogen) atoms. The maximum Gasteiger partial charge on any atom is 0.140 e. The van der Waals surface area contributed by atoms with Gasteiger partial charge in [0, 0.05) is 11.8 Å². The van der Waals surface area contributed by atoms with Crippen LogP contribution in [0.3, 0.4) is 0 Å². The fourth-order valence-corrected chi connectivity index (χ4v) is 1.71. The lowest BCUT2D eigenvalue weighted by Crippen LogP contribution is -1.91. The van der Waals surface area contributed by atoms with Crippen molar-refractivity contribution in [2.75, 3.05) is 7.11 Å². The van der Waals surface area contributed by atoms with Crippen LogP contribution in [0.2, 0.25) is 5.15 Å². The fraction of sp³-hybridized carbons (Fsp3) is 0.167. The molecule has 3 nitrogen and oxygen atoms in total. The molecule has 0 N–H and O–H groups in total. The number of hydrogen-bond acceptors (Lipinski definition) is 3. The molecule has 0 spiro atoms. The van der Waals surface area contributed by atoms with Crippen LogP contribution in [-0.2, 0) is 0 Å². The molecule has 2 aromatic rings. The molecule has 4 heteroatoms. The highest BCUT2D eigenvalue weighted by molar-refractivity contribution is 6.32. The van der Waals surface area contributed by atoms with Gasteiger partial charge in [0.1, 0.15) is 16.7 Å². The van der Waals surface area contributed by atoms with Crippen LogP contribution >= 0.6 is 11.6 Å². The third-order valence-corrected chi connectivity index (χ3v) is 2.53. The van der Waals surface area contributed by atoms with E-state index in [-0.39, 0.29) is 0 Å². The Kier molecular flexibility index (Phi) is 3.06. The Morgan fingerprint density at radius 3 is 2.81 bits per heavy atom. The van der Waals surface area contributed by atoms with Gasteiger partial charge in [-0.25, -0.2) is 9.97 Å². The minimum Gasteiger partial charge on any atom is -0.497 e. The lowest BCUT2D eigenvalue weighted by Gasteiger charge is -2.06. The predicted octanol–water partition coefficient (Wildman–Crippen LogP) is 3.11. The average molecular weight is 235 g/mol. The van der Waals surface area contributed by atoms with Gasteiger partial charge in [0.25, 0.3) is 0 Å². The van der Waals surface area contributed by atoms with Crippen LogP contribution in [0.1, 0.15) is 5.82 Å². The summed E-state index contributed by atoms with van der Waals surface area (Å²) in [6, 6.07) is 7.64. The zero-order chi connectivity index (χ0) is 11.5. The summed E-state index contributed by atoms with van der Waals surface area (Å²) in [6.07, 6.45) is 1.72. The molecule has 0 aliphatic heterocycles. The zero-order valence-electron chi connectivity index (χ0n) is 9.07. The van der Waals surface area contributed by atoms with Crippen molar-refractivity contribution in [3.8, 4) is 16.9 Å². The van der Waals surface area contributed by atoms with E-state index in [9.17, 15) is 0 Å². The molecule has 0 bridgehead atoms. The number of methoxy groups -OCH3 is 1. The minimum atomic E-state index is 0.459. The normalized spacial score (nSPS) is 10.2. The SMILES string of the molecule is COc1cccc(-c2cnc(C)nc2Cl)c1. The third-order valence-electron chi connectivity index (χ3n) is 2.24. The smallest absolute Gasteiger partial charge is 0.140 e. The average Bonchev–Trinajstić information content (AvgIpc) is 2.29. The summed E-state index contributed by atoms with van der Waals surface area (Å²) in [5.41, 5.74) is 1.76. The van der Waals surface area contributed by atoms with Gasteiger partial charge in [0.15, 0.2) is 0 Å². The Bertz CT molecular complexity index is 514. The molecule has 0 aliphatic rings. The Morgan fingerprint density at radius 1 is 1.31 bits per heavy atom. The van der Waals surface area contributed by atoms with E-state index in [0.29, 0.717) is 11.0 Å². The van der Waals surface area contributed by atoms with E-state index in [4.69, 9.17) is 16.3 Å². The molecule has 0 amide bonds. The summed E-state index contributed by atoms with van der Waals surface area (Å²) in [6.45, 7) is 1.81. The molecule has 0 unspecified atom stereocenters. The van der Waals surface area contributed by atoms with Gasteiger partial charge in [-0.15, -0.1) is 0 Å². The van der Waals surface area contributed by atoms with Crippen molar-refractivity contribution in [2.24, 2.45) is 0 Å². The zero-order valence-corrected chi connectivity index (χ0v) is 9.82. The van der Waals surface area contributed by atoms with Crippen molar-refractivity contribution in [2.45, 2.75) is 6.92 Å². The first-order valence-electron chi connectivity index (χ1n) is 4.84. The van der Waals surface area contributed by atoms with Gasteiger partial charge < -0.3 is 4.74 Å². The van der Waals surface area contributed by atoms with Crippen LogP contribution in [0.15, 0.2) is 30.5 Å². The predicted molar refractivity (Wildman–Crippen MR) is 63.8 cm³/mol. The first-order valence-corrected chi connectivity index (χ1v) is 5.22. The Morgan fingerprint density at radius 2 is 2.12 bits per heavy atom. The number of benzene rings is 1. The number of rotatable bonds is 2. The molecule has 0 atom stereocenters. The molecular formula is C12H11ClN2O. The summed E-state index contributed by atoms with van der Waals surface area (Å²) >= 11 is 6.07. The van der Waals surface area contributed by atoms with Crippen molar-refractivity contribution in [3.05, 3.63) is 41.4 Å². The van der Waals surface area contributed by atoms with E-state index in [1.54, 1.807) is 20.2 Å². The second kappa shape index (κ2) is 4.49. The van der Waals surface area contributed by atoms with Gasteiger partial charge >= 0.3 is 0 Å². The largest absolute Gasteiger partial charge is 0.497 e. The molecule has 0 aliphatic carbocycles. The van der Waals surface area contributed by atoms with Crippen molar-refractivity contribution in [1.82, 2.24) is 9.97 Å². The van der Waals surface area contributed by atoms with E-state index in [2.05, 4.69) is 9.97 Å². The summed E-state index contributed by atoms with van der Waals surface area (Å²) in [7, 11) is 1.63. The summed E-state index contributed by atoms with van der Waals surface area (Å²) < 4.78 is 5.16. The van der Waals surface area contributed by atoms with E-state index in [1.807, 2.05) is 24.3 Å². The van der Waals surface area contributed by atoms with Gasteiger partial charge in [-0.1, -0.05) is 23.7 Å². The van der Waals surface area contributed by atoms with E-state index in [1.165, 1.54) is 0 Å². The molecule has 2 rings (SSSR count). The quantitative estimate of drug-likeness (QED) is 0.749. The number of aryl methyl sites for hydroxylation is 1. The summed E-state index contributed by atoms with van der Waals surface area (Å²) in [4.78, 5) is 8.25. The van der Waals surface area contributed by atoms with Gasteiger partial charge in [-0.2, -0.15) is 0 Å². The number of hydrogen-bond donors (Lipinski definition) is 0. The topological polar surface area (TPSA) is 35.0 Å². The molecule has 1 aromatic heterocycles. The van der Waals surface area contributed by atoms with Crippen molar-refractivity contribution < 1.29 is 4.74 Å². The second-order valence-electron chi connectivity index (χ2n) is 3.35. The highest BCUT2D eigenvalue weighted by Crippen LogP contribution is 2.28. The molecule has 0 radical (unpaired) electrons. The lowest BCUT2D eigenvalue weighted by molar-refractivity contribution is 0.415. The van der Waals surface area contributed by atoms with Gasteiger partial charge in [-0.3, -0.25) is 0 Å². The minimum absolute atomic E-state index is 0.459. The van der Waals surface area contributed by atoms with E-state index >= 15 is 0 Å². The number of aromatic nitrogens is 2. The summed E-state index contributed by atoms with van der Waals surface area (Å²) in [5, 5.41) is 0.459. The standard InChI is InChI=1S/C12H11ClN2O/c1-8-14-7-11(12(13)15-8)9-4-3-5-10(6-9)16-2/h3-7H,1-2H3. The highest BCUT2D eigenvalue weighted by Gasteiger charge is 2.06. The molecule has 0 saturated heterocycles. The molecule has 82 valence electrons. The maximum atomic E-state index is 6.07. The molecule has 1 heterocycles. The first kappa shape index (κ1) is 10.9. The van der Waals surface area contributed by atoms with Crippen molar-refractivity contribution in [3.63, 3.8) is 0 Å². The first-order chi connectivity index (χ1) is 7.70. The Balaban J connectivity index is 2.49. The molecule has 0 fully saturated rings. The van der Waals surface area contributed by atoms with Gasteiger partial charge in [0.05, 0.1) is 7.11 Å². The second-order valence-corrected chi connectivity index (χ2v) is 3.71. The molecule has 1 aromatic carbocycles. The fourth-order valence-electron chi connectivity index (χ4n) is 1.43. The highest BCUT2D eigenvalue weighted by atomic mass is 35.5. The van der Waals surface area contributed by atoms with Crippen LogP contribution in [-0.4, -0.2) is 17.1 Å². The van der Waals surface area contributed by atoms with Crippen LogP contribution in [0, 0.1) is 6.92 Å². The molecular weight excluding hydrogens is 224 g/mol. The van der Waals surface area contributed by atoms with Gasteiger partial charge in [0.2, 0.25) is 0 Å². The van der Waals surface area contributed by atoms with Crippen LogP contribution in [0.25, 0.3) is 11.1 Å². The van der Waals surface area contributed by atoms with Crippen LogP contribution < -0.4 is 4.74 Å². The van der Waals surface area contributed by atoms with Crippen molar-refractivity contribution >= 4 is 11.6 Å². The van der Waals surface area contributed by atoms with Crippen molar-refractivity contribution in [1.29, 1.82) is 0 Å². The van der Waals surface area contributed by atoms with Gasteiger partial charge in [-0.05, 0) is 24.6 Å². The number of ether oxygens (including phenoxy) is 1. The van der Waals surface area contributed by atoms with E-state index in [0.717, 1.165) is 16.9 Å². The Hall–Kier alpha value is -1.61. The third kappa shape index (κ3) is 2.14. The lowest BCUT2D eigenvalue weighted by atomic mass is 10.1. The number of nitrogens with zero attached hydrogens (tertiary/aromatic N) is 2. The van der Waals surface area contributed by atoms with Crippen LogP contribution in [0.4, 0.5) is 0 Å². The Labute approximate surface area is 99.1 Å². The maximum absolute atomic E-state index is 6.07. The number of halogens is 1. The summed E-state index contributed by atoms with van der Waals surface area (Å²) in [5.74, 6) is 1.45. The van der Waals surface area contributed by atoms with Crippen LogP contribution in [0.5, 0.6) is 5.75 Å². The monoisotopic (exact) mass is 234 g/mol. The molecule has 0 saturated carbocycles. The van der Waals surface area contributed by atoms with E-state index < -0.39 is 0 Å².